The molecule has 0 spiro atoms. The van der Waals surface area contributed by atoms with Crippen LogP contribution in [0.15, 0.2) is 41.0 Å². The molecule has 2 aromatic rings. The van der Waals surface area contributed by atoms with Crippen molar-refractivity contribution in [2.24, 2.45) is 0 Å². The van der Waals surface area contributed by atoms with Crippen LogP contribution in [0.25, 0.3) is 6.08 Å². The lowest BCUT2D eigenvalue weighted by molar-refractivity contribution is 0.104. The third-order valence-corrected chi connectivity index (χ3v) is 3.47. The molecule has 0 unspecified atom stereocenters. The van der Waals surface area contributed by atoms with Crippen molar-refractivity contribution in [3.8, 4) is 0 Å². The number of benzene rings is 1. The maximum Gasteiger partial charge on any atom is 0.185 e. The van der Waals surface area contributed by atoms with Crippen LogP contribution in [-0.2, 0) is 6.54 Å². The molecule has 0 radical (unpaired) electrons. The van der Waals surface area contributed by atoms with Crippen molar-refractivity contribution in [3.05, 3.63) is 57.3 Å². The molecule has 0 atom stereocenters. The molecule has 5 heteroatoms. The van der Waals surface area contributed by atoms with E-state index in [1.54, 1.807) is 29.1 Å². The van der Waals surface area contributed by atoms with Crippen LogP contribution >= 0.6 is 27.5 Å². The summed E-state index contributed by atoms with van der Waals surface area (Å²) in [5, 5.41) is 4.66. The van der Waals surface area contributed by atoms with Crippen molar-refractivity contribution in [1.29, 1.82) is 0 Å². The zero-order valence-corrected chi connectivity index (χ0v) is 12.6. The zero-order valence-electron chi connectivity index (χ0n) is 10.3. The number of allylic oxidation sites excluding steroid dienone is 1. The minimum absolute atomic E-state index is 0.0626. The lowest BCUT2D eigenvalue weighted by Crippen LogP contribution is -1.99. The maximum absolute atomic E-state index is 12.0. The lowest BCUT2D eigenvalue weighted by atomic mass is 10.1. The zero-order chi connectivity index (χ0) is 13.8. The van der Waals surface area contributed by atoms with E-state index in [0.29, 0.717) is 17.1 Å². The molecule has 0 aliphatic rings. The van der Waals surface area contributed by atoms with Gasteiger partial charge in [-0.1, -0.05) is 27.5 Å². The first-order valence-corrected chi connectivity index (χ1v) is 6.98. The number of hydrogen-bond acceptors (Lipinski definition) is 2. The largest absolute Gasteiger partial charge is 0.289 e. The molecule has 0 aliphatic heterocycles. The molecule has 1 aromatic carbocycles. The standard InChI is InChI=1S/C14H12BrClN2O/c1-2-18-13(12(16)9-17-18)7-8-14(19)10-3-5-11(15)6-4-10/h3-9H,2H2,1H3. The minimum atomic E-state index is -0.0626. The summed E-state index contributed by atoms with van der Waals surface area (Å²) < 4.78 is 2.69. The molecule has 3 nitrogen and oxygen atoms in total. The van der Waals surface area contributed by atoms with Gasteiger partial charge in [0.1, 0.15) is 0 Å². The predicted octanol–water partition coefficient (Wildman–Crippen LogP) is 4.22. The molecule has 0 saturated heterocycles. The fourth-order valence-corrected chi connectivity index (χ4v) is 2.12. The molecule has 0 N–H and O–H groups in total. The summed E-state index contributed by atoms with van der Waals surface area (Å²) in [5.74, 6) is -0.0626. The van der Waals surface area contributed by atoms with Crippen LogP contribution in [0.1, 0.15) is 23.0 Å². The topological polar surface area (TPSA) is 34.9 Å². The van der Waals surface area contributed by atoms with Gasteiger partial charge in [0.25, 0.3) is 0 Å². The second-order valence-electron chi connectivity index (χ2n) is 3.90. The summed E-state index contributed by atoms with van der Waals surface area (Å²) in [5.41, 5.74) is 1.38. The van der Waals surface area contributed by atoms with Gasteiger partial charge in [-0.3, -0.25) is 9.48 Å². The van der Waals surface area contributed by atoms with Crippen LogP contribution in [0.3, 0.4) is 0 Å². The van der Waals surface area contributed by atoms with E-state index >= 15 is 0 Å². The van der Waals surface area contributed by atoms with Gasteiger partial charge in [-0.25, -0.2) is 0 Å². The summed E-state index contributed by atoms with van der Waals surface area (Å²) in [7, 11) is 0. The van der Waals surface area contributed by atoms with Crippen molar-refractivity contribution in [2.75, 3.05) is 0 Å². The summed E-state index contributed by atoms with van der Waals surface area (Å²) in [6, 6.07) is 7.22. The molecule has 2 rings (SSSR count). The van der Waals surface area contributed by atoms with Gasteiger partial charge >= 0.3 is 0 Å². The Hall–Kier alpha value is -1.39. The molecule has 0 fully saturated rings. The highest BCUT2D eigenvalue weighted by atomic mass is 79.9. The number of hydrogen-bond donors (Lipinski definition) is 0. The molecule has 0 aliphatic carbocycles. The Labute approximate surface area is 125 Å². The van der Waals surface area contributed by atoms with Crippen molar-refractivity contribution < 1.29 is 4.79 Å². The third kappa shape index (κ3) is 3.33. The van der Waals surface area contributed by atoms with Crippen LogP contribution in [0, 0.1) is 0 Å². The van der Waals surface area contributed by atoms with Gasteiger partial charge in [-0.2, -0.15) is 5.10 Å². The molecule has 19 heavy (non-hydrogen) atoms. The van der Waals surface area contributed by atoms with E-state index in [0.717, 1.165) is 10.2 Å². The first kappa shape index (κ1) is 14.0. The third-order valence-electron chi connectivity index (χ3n) is 2.65. The van der Waals surface area contributed by atoms with Gasteiger partial charge in [-0.05, 0) is 43.3 Å². The number of aryl methyl sites for hydroxylation is 1. The van der Waals surface area contributed by atoms with E-state index in [-0.39, 0.29) is 5.78 Å². The number of aromatic nitrogens is 2. The normalized spacial score (nSPS) is 11.1. The minimum Gasteiger partial charge on any atom is -0.289 e. The second kappa shape index (κ2) is 6.17. The Balaban J connectivity index is 2.20. The fraction of sp³-hybridized carbons (Fsp3) is 0.143. The van der Waals surface area contributed by atoms with E-state index in [2.05, 4.69) is 21.0 Å². The monoisotopic (exact) mass is 338 g/mol. The smallest absolute Gasteiger partial charge is 0.185 e. The number of ketones is 1. The molecule has 1 heterocycles. The van der Waals surface area contributed by atoms with E-state index in [9.17, 15) is 4.79 Å². The molecular formula is C14H12BrClN2O. The Morgan fingerprint density at radius 2 is 2.11 bits per heavy atom. The Morgan fingerprint density at radius 1 is 1.42 bits per heavy atom. The van der Waals surface area contributed by atoms with Crippen molar-refractivity contribution in [2.45, 2.75) is 13.5 Å². The quantitative estimate of drug-likeness (QED) is 0.617. The van der Waals surface area contributed by atoms with Crippen molar-refractivity contribution in [1.82, 2.24) is 9.78 Å². The van der Waals surface area contributed by atoms with Crippen molar-refractivity contribution >= 4 is 39.4 Å². The SMILES string of the molecule is CCn1ncc(Cl)c1C=CC(=O)c1ccc(Br)cc1. The van der Waals surface area contributed by atoms with Gasteiger partial charge in [0.2, 0.25) is 0 Å². The molecular weight excluding hydrogens is 328 g/mol. The fourth-order valence-electron chi connectivity index (χ4n) is 1.65. The summed E-state index contributed by atoms with van der Waals surface area (Å²) in [6.45, 7) is 2.68. The van der Waals surface area contributed by atoms with Crippen molar-refractivity contribution in [3.63, 3.8) is 0 Å². The van der Waals surface area contributed by atoms with Crippen LogP contribution in [0.5, 0.6) is 0 Å². The first-order chi connectivity index (χ1) is 9.11. The number of halogens is 2. The molecule has 1 aromatic heterocycles. The van der Waals surface area contributed by atoms with Gasteiger partial charge in [0.15, 0.2) is 5.78 Å². The summed E-state index contributed by atoms with van der Waals surface area (Å²) >= 11 is 9.36. The molecule has 98 valence electrons. The van der Waals surface area contributed by atoms with Gasteiger partial charge in [-0.15, -0.1) is 0 Å². The number of nitrogens with zero attached hydrogens (tertiary/aromatic N) is 2. The Kier molecular flexibility index (Phi) is 4.56. The number of carbonyl (C=O) groups is 1. The maximum atomic E-state index is 12.0. The summed E-state index contributed by atoms with van der Waals surface area (Å²) in [6.07, 6.45) is 4.79. The van der Waals surface area contributed by atoms with Crippen LogP contribution in [0.2, 0.25) is 5.02 Å². The molecule has 0 saturated carbocycles. The van der Waals surface area contributed by atoms with E-state index in [4.69, 9.17) is 11.6 Å². The number of carbonyl (C=O) groups excluding carboxylic acids is 1. The molecule has 0 amide bonds. The van der Waals surface area contributed by atoms with Gasteiger partial charge in [0.05, 0.1) is 16.9 Å². The van der Waals surface area contributed by atoms with Crippen LogP contribution in [0.4, 0.5) is 0 Å². The van der Waals surface area contributed by atoms with E-state index in [1.807, 2.05) is 19.1 Å². The second-order valence-corrected chi connectivity index (χ2v) is 5.22. The Bertz CT molecular complexity index is 617. The highest BCUT2D eigenvalue weighted by Crippen LogP contribution is 2.17. The predicted molar refractivity (Wildman–Crippen MR) is 80.4 cm³/mol. The van der Waals surface area contributed by atoms with Crippen LogP contribution in [-0.4, -0.2) is 15.6 Å². The molecule has 0 bridgehead atoms. The van der Waals surface area contributed by atoms with Gasteiger partial charge in [0, 0.05) is 16.6 Å². The first-order valence-electron chi connectivity index (χ1n) is 5.81. The van der Waals surface area contributed by atoms with E-state index < -0.39 is 0 Å². The average molecular weight is 340 g/mol. The summed E-state index contributed by atoms with van der Waals surface area (Å²) in [4.78, 5) is 12.0. The van der Waals surface area contributed by atoms with E-state index in [1.165, 1.54) is 6.08 Å². The highest BCUT2D eigenvalue weighted by molar-refractivity contribution is 9.10. The van der Waals surface area contributed by atoms with Gasteiger partial charge < -0.3 is 0 Å². The highest BCUT2D eigenvalue weighted by Gasteiger charge is 2.06. The lowest BCUT2D eigenvalue weighted by Gasteiger charge is -2.00. The van der Waals surface area contributed by atoms with Crippen LogP contribution < -0.4 is 0 Å². The average Bonchev–Trinajstić information content (AvgIpc) is 2.77. The number of rotatable bonds is 4. The Morgan fingerprint density at radius 3 is 2.74 bits per heavy atom.